The van der Waals surface area contributed by atoms with Crippen molar-refractivity contribution in [3.8, 4) is 5.88 Å². The zero-order valence-electron chi connectivity index (χ0n) is 10.8. The molecule has 2 rings (SSSR count). The van der Waals surface area contributed by atoms with Crippen molar-refractivity contribution in [2.45, 2.75) is 46.1 Å². The van der Waals surface area contributed by atoms with Crippen LogP contribution in [0.2, 0.25) is 0 Å². The predicted molar refractivity (Wildman–Crippen MR) is 67.7 cm³/mol. The third-order valence-corrected chi connectivity index (χ3v) is 3.33. The fourth-order valence-electron chi connectivity index (χ4n) is 2.93. The van der Waals surface area contributed by atoms with E-state index < -0.39 is 0 Å². The van der Waals surface area contributed by atoms with Crippen molar-refractivity contribution >= 4 is 5.69 Å². The molecule has 2 atom stereocenters. The van der Waals surface area contributed by atoms with Crippen molar-refractivity contribution in [2.24, 2.45) is 11.3 Å². The molecule has 0 radical (unpaired) electrons. The van der Waals surface area contributed by atoms with Gasteiger partial charge in [0.25, 0.3) is 0 Å². The van der Waals surface area contributed by atoms with Crippen LogP contribution in [0.3, 0.4) is 0 Å². The van der Waals surface area contributed by atoms with Crippen LogP contribution in [0.15, 0.2) is 12.5 Å². The molecule has 1 aliphatic rings. The molecule has 94 valence electrons. The van der Waals surface area contributed by atoms with Gasteiger partial charge in [0.05, 0.1) is 6.20 Å². The minimum atomic E-state index is 0.214. The third kappa shape index (κ3) is 3.08. The molecule has 0 saturated heterocycles. The van der Waals surface area contributed by atoms with Crippen molar-refractivity contribution in [1.82, 2.24) is 9.97 Å². The summed E-state index contributed by atoms with van der Waals surface area (Å²) in [6.45, 7) is 6.87. The van der Waals surface area contributed by atoms with Gasteiger partial charge >= 0.3 is 0 Å². The summed E-state index contributed by atoms with van der Waals surface area (Å²) in [4.78, 5) is 7.95. The van der Waals surface area contributed by atoms with Crippen molar-refractivity contribution in [1.29, 1.82) is 0 Å². The maximum atomic E-state index is 5.92. The summed E-state index contributed by atoms with van der Waals surface area (Å²) >= 11 is 0. The lowest BCUT2D eigenvalue weighted by Crippen LogP contribution is -2.34. The summed E-state index contributed by atoms with van der Waals surface area (Å²) < 4.78 is 5.92. The van der Waals surface area contributed by atoms with E-state index in [4.69, 9.17) is 10.5 Å². The Morgan fingerprint density at radius 3 is 2.82 bits per heavy atom. The van der Waals surface area contributed by atoms with Crippen LogP contribution < -0.4 is 10.5 Å². The van der Waals surface area contributed by atoms with Gasteiger partial charge in [-0.15, -0.1) is 0 Å². The molecule has 1 aliphatic carbocycles. The fourth-order valence-corrected chi connectivity index (χ4v) is 2.93. The number of aromatic nitrogens is 2. The van der Waals surface area contributed by atoms with Gasteiger partial charge in [-0.3, -0.25) is 0 Å². The molecule has 2 N–H and O–H groups in total. The molecular formula is C13H21N3O. The van der Waals surface area contributed by atoms with Crippen LogP contribution in [0.1, 0.15) is 40.0 Å². The zero-order chi connectivity index (χ0) is 12.5. The van der Waals surface area contributed by atoms with E-state index in [1.54, 1.807) is 6.20 Å². The quantitative estimate of drug-likeness (QED) is 0.856. The van der Waals surface area contributed by atoms with Gasteiger partial charge in [0.2, 0.25) is 5.88 Å². The number of nitrogens with two attached hydrogens (primary N) is 1. The molecule has 17 heavy (non-hydrogen) atoms. The van der Waals surface area contributed by atoms with Crippen molar-refractivity contribution in [2.75, 3.05) is 5.73 Å². The number of anilines is 1. The maximum Gasteiger partial charge on any atom is 0.240 e. The Labute approximate surface area is 103 Å². The average Bonchev–Trinajstić information content (AvgIpc) is 2.18. The van der Waals surface area contributed by atoms with Crippen LogP contribution in [0.25, 0.3) is 0 Å². The Morgan fingerprint density at radius 2 is 2.18 bits per heavy atom. The topological polar surface area (TPSA) is 61.0 Å². The van der Waals surface area contributed by atoms with E-state index in [-0.39, 0.29) is 6.10 Å². The van der Waals surface area contributed by atoms with Crippen molar-refractivity contribution in [3.63, 3.8) is 0 Å². The lowest BCUT2D eigenvalue weighted by atomic mass is 9.71. The first-order valence-corrected chi connectivity index (χ1v) is 6.18. The summed E-state index contributed by atoms with van der Waals surface area (Å²) in [7, 11) is 0. The van der Waals surface area contributed by atoms with Gasteiger partial charge in [-0.1, -0.05) is 20.8 Å². The predicted octanol–water partition coefficient (Wildman–Crippen LogP) is 2.65. The second-order valence-electron chi connectivity index (χ2n) is 5.94. The minimum absolute atomic E-state index is 0.214. The summed E-state index contributed by atoms with van der Waals surface area (Å²) in [5, 5.41) is 0. The molecule has 1 aromatic heterocycles. The van der Waals surface area contributed by atoms with Crippen LogP contribution in [0.5, 0.6) is 5.88 Å². The normalized spacial score (nSPS) is 27.7. The van der Waals surface area contributed by atoms with E-state index in [1.165, 1.54) is 12.7 Å². The van der Waals surface area contributed by atoms with Gasteiger partial charge in [0, 0.05) is 0 Å². The van der Waals surface area contributed by atoms with Gasteiger partial charge < -0.3 is 10.5 Å². The van der Waals surface area contributed by atoms with E-state index in [2.05, 4.69) is 30.7 Å². The molecule has 0 aliphatic heterocycles. The van der Waals surface area contributed by atoms with Crippen LogP contribution in [0.4, 0.5) is 5.69 Å². The number of ether oxygens (including phenoxy) is 1. The van der Waals surface area contributed by atoms with Gasteiger partial charge in [-0.05, 0) is 30.6 Å². The molecule has 1 fully saturated rings. The van der Waals surface area contributed by atoms with E-state index in [1.807, 2.05) is 0 Å². The number of rotatable bonds is 2. The first-order chi connectivity index (χ1) is 7.96. The SMILES string of the molecule is CC1CC(Oc2ncncc2N)CC(C)(C)C1. The molecule has 1 aromatic rings. The highest BCUT2D eigenvalue weighted by Gasteiger charge is 2.33. The van der Waals surface area contributed by atoms with Crippen molar-refractivity contribution < 1.29 is 4.74 Å². The average molecular weight is 235 g/mol. The molecule has 2 unspecified atom stereocenters. The molecule has 4 heteroatoms. The highest BCUT2D eigenvalue weighted by atomic mass is 16.5. The second-order valence-corrected chi connectivity index (χ2v) is 5.94. The molecule has 1 heterocycles. The summed E-state index contributed by atoms with van der Waals surface area (Å²) in [5.41, 5.74) is 6.64. The Morgan fingerprint density at radius 1 is 1.41 bits per heavy atom. The highest BCUT2D eigenvalue weighted by Crippen LogP contribution is 2.40. The van der Waals surface area contributed by atoms with Gasteiger partial charge in [-0.2, -0.15) is 4.98 Å². The summed E-state index contributed by atoms with van der Waals surface area (Å²) in [5.74, 6) is 1.21. The van der Waals surface area contributed by atoms with Gasteiger partial charge in [0.1, 0.15) is 18.1 Å². The molecular weight excluding hydrogens is 214 g/mol. The Balaban J connectivity index is 2.06. The maximum absolute atomic E-state index is 5.92. The summed E-state index contributed by atoms with van der Waals surface area (Å²) in [6, 6.07) is 0. The van der Waals surface area contributed by atoms with Crippen LogP contribution in [0, 0.1) is 11.3 Å². The van der Waals surface area contributed by atoms with Gasteiger partial charge in [0.15, 0.2) is 0 Å². The first-order valence-electron chi connectivity index (χ1n) is 6.18. The molecule has 0 bridgehead atoms. The Bertz CT molecular complexity index is 392. The number of nitrogens with zero attached hydrogens (tertiary/aromatic N) is 2. The van der Waals surface area contributed by atoms with Crippen LogP contribution in [-0.4, -0.2) is 16.1 Å². The van der Waals surface area contributed by atoms with Gasteiger partial charge in [-0.25, -0.2) is 4.98 Å². The number of hydrogen-bond acceptors (Lipinski definition) is 4. The zero-order valence-corrected chi connectivity index (χ0v) is 10.8. The molecule has 1 saturated carbocycles. The molecule has 0 spiro atoms. The van der Waals surface area contributed by atoms with E-state index in [9.17, 15) is 0 Å². The Hall–Kier alpha value is -1.32. The number of nitrogen functional groups attached to an aromatic ring is 1. The van der Waals surface area contributed by atoms with E-state index >= 15 is 0 Å². The Kier molecular flexibility index (Phi) is 3.22. The molecule has 0 amide bonds. The van der Waals surface area contributed by atoms with Crippen LogP contribution in [-0.2, 0) is 0 Å². The molecule has 0 aromatic carbocycles. The lowest BCUT2D eigenvalue weighted by molar-refractivity contribution is 0.0537. The lowest BCUT2D eigenvalue weighted by Gasteiger charge is -2.38. The van der Waals surface area contributed by atoms with E-state index in [0.29, 0.717) is 22.9 Å². The molecule has 4 nitrogen and oxygen atoms in total. The number of hydrogen-bond donors (Lipinski definition) is 1. The standard InChI is InChI=1S/C13H21N3O/c1-9-4-10(6-13(2,3)5-9)17-12-11(14)7-15-8-16-12/h7-10H,4-6,14H2,1-3H3. The monoisotopic (exact) mass is 235 g/mol. The largest absolute Gasteiger partial charge is 0.473 e. The smallest absolute Gasteiger partial charge is 0.240 e. The highest BCUT2D eigenvalue weighted by molar-refractivity contribution is 5.44. The first kappa shape index (κ1) is 12.1. The van der Waals surface area contributed by atoms with Crippen LogP contribution >= 0.6 is 0 Å². The third-order valence-electron chi connectivity index (χ3n) is 3.33. The second kappa shape index (κ2) is 4.51. The minimum Gasteiger partial charge on any atom is -0.473 e. The van der Waals surface area contributed by atoms with Crippen molar-refractivity contribution in [3.05, 3.63) is 12.5 Å². The summed E-state index contributed by atoms with van der Waals surface area (Å²) in [6.07, 6.45) is 6.66. The fraction of sp³-hybridized carbons (Fsp3) is 0.692. The van der Waals surface area contributed by atoms with E-state index in [0.717, 1.165) is 12.8 Å².